The summed E-state index contributed by atoms with van der Waals surface area (Å²) < 4.78 is 12.7. The Morgan fingerprint density at radius 2 is 1.17 bits per heavy atom. The summed E-state index contributed by atoms with van der Waals surface area (Å²) in [5.74, 6) is 1.55. The molecule has 0 saturated heterocycles. The van der Waals surface area contributed by atoms with E-state index < -0.39 is 23.3 Å². The molecule has 0 bridgehead atoms. The lowest BCUT2D eigenvalue weighted by atomic mass is 10.0. The Morgan fingerprint density at radius 3 is 1.57 bits per heavy atom. The first-order chi connectivity index (χ1) is 28.5. The predicted octanol–water partition coefficient (Wildman–Crippen LogP) is 7.90. The van der Waals surface area contributed by atoms with E-state index in [1.165, 1.54) is 4.90 Å². The molecule has 0 spiro atoms. The maximum atomic E-state index is 11.9. The molecule has 6 aromatic heterocycles. The van der Waals surface area contributed by atoms with Crippen LogP contribution in [-0.4, -0.2) is 81.6 Å². The summed E-state index contributed by atoms with van der Waals surface area (Å²) in [6, 6.07) is 19.6. The third kappa shape index (κ3) is 9.49. The molecule has 2 N–H and O–H groups in total. The number of nitrogens with zero attached hydrogens (tertiary/aromatic N) is 11. The maximum absolute atomic E-state index is 11.9. The average molecular weight is 809 g/mol. The van der Waals surface area contributed by atoms with Crippen molar-refractivity contribution in [2.24, 2.45) is 14.1 Å². The molecule has 16 heteroatoms. The van der Waals surface area contributed by atoms with Crippen molar-refractivity contribution in [3.05, 3.63) is 121 Å². The van der Waals surface area contributed by atoms with E-state index in [9.17, 15) is 14.7 Å². The normalized spacial score (nSPS) is 11.7. The monoisotopic (exact) mass is 808 g/mol. The minimum absolute atomic E-state index is 0.322. The molecule has 0 aliphatic heterocycles. The number of nitrogens with one attached hydrogen (secondary N) is 1. The Labute approximate surface area is 347 Å². The van der Waals surface area contributed by atoms with E-state index in [1.807, 2.05) is 150 Å². The molecule has 8 aromatic rings. The van der Waals surface area contributed by atoms with E-state index in [4.69, 9.17) is 14.7 Å². The molecule has 0 aliphatic carbocycles. The van der Waals surface area contributed by atoms with Gasteiger partial charge in [-0.3, -0.25) is 23.1 Å². The SMILES string of the molecule is Cn1cc(-c2cc3nccn3c(-c3ccc(CN(C(=O)O)C(C)(C)C)cc3)n2)cn1.Cn1cc(-c2cc3nccn3c(-c3ccc(CNC(=O)OC(C)(C)C)cc3)n2)cn1. The molecular formula is C44H48N12O4. The molecule has 6 heterocycles. The van der Waals surface area contributed by atoms with Crippen LogP contribution < -0.4 is 5.32 Å². The molecule has 0 aliphatic rings. The van der Waals surface area contributed by atoms with Crippen LogP contribution in [-0.2, 0) is 31.9 Å². The van der Waals surface area contributed by atoms with E-state index in [0.29, 0.717) is 13.1 Å². The number of benzene rings is 2. The van der Waals surface area contributed by atoms with Crippen LogP contribution in [0.25, 0.3) is 56.6 Å². The number of hydrogen-bond donors (Lipinski definition) is 2. The number of imidazole rings is 2. The fourth-order valence-corrected chi connectivity index (χ4v) is 6.45. The van der Waals surface area contributed by atoms with Crippen LogP contribution in [0.2, 0.25) is 0 Å². The zero-order chi connectivity index (χ0) is 42.8. The van der Waals surface area contributed by atoms with E-state index in [-0.39, 0.29) is 0 Å². The van der Waals surface area contributed by atoms with Crippen molar-refractivity contribution in [1.29, 1.82) is 0 Å². The highest BCUT2D eigenvalue weighted by Gasteiger charge is 2.26. The Morgan fingerprint density at radius 1 is 0.700 bits per heavy atom. The summed E-state index contributed by atoms with van der Waals surface area (Å²) in [7, 11) is 3.75. The number of carboxylic acid groups (broad SMARTS) is 1. The lowest BCUT2D eigenvalue weighted by Crippen LogP contribution is -2.44. The summed E-state index contributed by atoms with van der Waals surface area (Å²) in [5.41, 5.74) is 7.83. The molecule has 0 saturated carbocycles. The van der Waals surface area contributed by atoms with Crippen molar-refractivity contribution >= 4 is 23.5 Å². The quantitative estimate of drug-likeness (QED) is 0.154. The van der Waals surface area contributed by atoms with Crippen molar-refractivity contribution in [1.82, 2.24) is 58.5 Å². The molecule has 308 valence electrons. The van der Waals surface area contributed by atoms with Crippen molar-refractivity contribution in [3.63, 3.8) is 0 Å². The highest BCUT2D eigenvalue weighted by Crippen LogP contribution is 2.27. The summed E-state index contributed by atoms with van der Waals surface area (Å²) in [5, 5.41) is 20.8. The summed E-state index contributed by atoms with van der Waals surface area (Å²) in [6.45, 7) is 11.9. The second-order valence-corrected chi connectivity index (χ2v) is 16.3. The predicted molar refractivity (Wildman–Crippen MR) is 228 cm³/mol. The molecular weight excluding hydrogens is 761 g/mol. The number of alkyl carbamates (subject to hydrolysis) is 1. The summed E-state index contributed by atoms with van der Waals surface area (Å²) in [6.07, 6.45) is 13.3. The van der Waals surface area contributed by atoms with Gasteiger partial charge in [-0.25, -0.2) is 29.5 Å². The van der Waals surface area contributed by atoms with Crippen LogP contribution in [0.15, 0.2) is 110 Å². The Kier molecular flexibility index (Phi) is 11.2. The highest BCUT2D eigenvalue weighted by molar-refractivity contribution is 5.71. The van der Waals surface area contributed by atoms with E-state index in [1.54, 1.807) is 34.2 Å². The zero-order valence-electron chi connectivity index (χ0n) is 34.9. The zero-order valence-corrected chi connectivity index (χ0v) is 34.9. The van der Waals surface area contributed by atoms with Crippen molar-refractivity contribution in [2.75, 3.05) is 0 Å². The molecule has 2 amide bonds. The van der Waals surface area contributed by atoms with E-state index >= 15 is 0 Å². The molecule has 0 radical (unpaired) electrons. The van der Waals surface area contributed by atoms with Gasteiger partial charge < -0.3 is 15.2 Å². The van der Waals surface area contributed by atoms with E-state index in [2.05, 4.69) is 25.5 Å². The number of amides is 2. The van der Waals surface area contributed by atoms with Crippen molar-refractivity contribution < 1.29 is 19.4 Å². The summed E-state index contributed by atoms with van der Waals surface area (Å²) in [4.78, 5) is 43.5. The number of carbonyl (C=O) groups is 2. The van der Waals surface area contributed by atoms with Crippen molar-refractivity contribution in [3.8, 4) is 45.3 Å². The second kappa shape index (κ2) is 16.5. The molecule has 16 nitrogen and oxygen atoms in total. The molecule has 60 heavy (non-hydrogen) atoms. The molecule has 0 fully saturated rings. The third-order valence-electron chi connectivity index (χ3n) is 9.42. The smallest absolute Gasteiger partial charge is 0.408 e. The number of carbonyl (C=O) groups excluding carboxylic acids is 1. The van der Waals surface area contributed by atoms with Gasteiger partial charge in [0, 0.05) is 104 Å². The number of fused-ring (bicyclic) bond motifs is 2. The lowest BCUT2D eigenvalue weighted by Gasteiger charge is -2.33. The molecule has 8 rings (SSSR count). The van der Waals surface area contributed by atoms with Crippen molar-refractivity contribution in [2.45, 2.75) is 65.8 Å². The average Bonchev–Trinajstić information content (AvgIpc) is 4.03. The van der Waals surface area contributed by atoms with Crippen LogP contribution in [0.3, 0.4) is 0 Å². The Bertz CT molecular complexity index is 2760. The lowest BCUT2D eigenvalue weighted by molar-refractivity contribution is 0.0523. The number of hydrogen-bond acceptors (Lipinski definition) is 9. The van der Waals surface area contributed by atoms with Gasteiger partial charge in [0.15, 0.2) is 0 Å². The number of rotatable bonds is 8. The molecule has 2 aromatic carbocycles. The number of aryl methyl sites for hydroxylation is 2. The fraction of sp³-hybridized carbons (Fsp3) is 0.273. The van der Waals surface area contributed by atoms with Gasteiger partial charge in [0.2, 0.25) is 0 Å². The van der Waals surface area contributed by atoms with Gasteiger partial charge in [-0.2, -0.15) is 10.2 Å². The minimum atomic E-state index is -0.933. The van der Waals surface area contributed by atoms with Gasteiger partial charge in [0.25, 0.3) is 0 Å². The fourth-order valence-electron chi connectivity index (χ4n) is 6.45. The van der Waals surface area contributed by atoms with Crippen LogP contribution in [0.1, 0.15) is 52.7 Å². The van der Waals surface area contributed by atoms with E-state index in [0.717, 1.165) is 67.7 Å². The Hall–Kier alpha value is -7.36. The second-order valence-electron chi connectivity index (χ2n) is 16.3. The van der Waals surface area contributed by atoms with Crippen LogP contribution >= 0.6 is 0 Å². The molecule has 0 unspecified atom stereocenters. The van der Waals surface area contributed by atoms with Gasteiger partial charge in [-0.1, -0.05) is 48.5 Å². The van der Waals surface area contributed by atoms with Crippen LogP contribution in [0, 0.1) is 0 Å². The van der Waals surface area contributed by atoms with Gasteiger partial charge >= 0.3 is 12.2 Å². The number of ether oxygens (including phenoxy) is 1. The first-order valence-corrected chi connectivity index (χ1v) is 19.3. The van der Waals surface area contributed by atoms with Crippen LogP contribution in [0.5, 0.6) is 0 Å². The van der Waals surface area contributed by atoms with Gasteiger partial charge in [-0.05, 0) is 52.7 Å². The highest BCUT2D eigenvalue weighted by atomic mass is 16.6. The Balaban J connectivity index is 0.000000181. The minimum Gasteiger partial charge on any atom is -0.465 e. The molecule has 0 atom stereocenters. The van der Waals surface area contributed by atoms with Gasteiger partial charge in [0.05, 0.1) is 23.8 Å². The first kappa shape index (κ1) is 40.8. The number of aromatic nitrogens is 10. The van der Waals surface area contributed by atoms with Gasteiger partial charge in [-0.15, -0.1) is 0 Å². The summed E-state index contributed by atoms with van der Waals surface area (Å²) >= 11 is 0. The maximum Gasteiger partial charge on any atom is 0.408 e. The third-order valence-corrected chi connectivity index (χ3v) is 9.42. The van der Waals surface area contributed by atoms with Crippen LogP contribution in [0.4, 0.5) is 9.59 Å². The first-order valence-electron chi connectivity index (χ1n) is 19.3. The topological polar surface area (TPSA) is 175 Å². The van der Waals surface area contributed by atoms with Gasteiger partial charge in [0.1, 0.15) is 28.5 Å². The largest absolute Gasteiger partial charge is 0.465 e. The standard InChI is InChI=1S/2C22H24N6O2/c1-22(2,3)28(21(29)30)13-15-5-7-16(8-6-15)20-25-18(17-12-24-26(4)14-17)11-19-23-9-10-27(19)20;1-22(2,3)30-21(29)24-12-15-5-7-16(8-6-15)20-26-18(17-13-25-27(4)14-17)11-19-23-9-10-28(19)20/h5-12,14H,13H2,1-4H3,(H,29,30);5-11,13-14H,12H2,1-4H3,(H,24,29).